The van der Waals surface area contributed by atoms with E-state index in [-0.39, 0.29) is 11.9 Å². The number of hydrogen-bond donors (Lipinski definition) is 0. The zero-order valence-electron chi connectivity index (χ0n) is 21.3. The topological polar surface area (TPSA) is 72.8 Å². The molecule has 1 atom stereocenters. The van der Waals surface area contributed by atoms with E-state index in [4.69, 9.17) is 24.0 Å². The van der Waals surface area contributed by atoms with Gasteiger partial charge in [-0.15, -0.1) is 5.10 Å². The van der Waals surface area contributed by atoms with Gasteiger partial charge in [0.15, 0.2) is 23.5 Å². The number of nitrogens with zero attached hydrogens (tertiary/aromatic N) is 3. The van der Waals surface area contributed by atoms with Crippen molar-refractivity contribution in [3.8, 4) is 23.0 Å². The minimum Gasteiger partial charge on any atom is -0.497 e. The predicted molar refractivity (Wildman–Crippen MR) is 143 cm³/mol. The molecule has 0 amide bonds. The summed E-state index contributed by atoms with van der Waals surface area (Å²) in [4.78, 5) is 15.5. The molecular weight excluding hydrogens is 470 g/mol. The summed E-state index contributed by atoms with van der Waals surface area (Å²) >= 11 is 0. The Morgan fingerprint density at radius 1 is 0.865 bits per heavy atom. The maximum atomic E-state index is 13.4. The Bertz CT molecular complexity index is 1350. The van der Waals surface area contributed by atoms with Crippen LogP contribution in [0.1, 0.15) is 22.9 Å². The largest absolute Gasteiger partial charge is 0.497 e. The van der Waals surface area contributed by atoms with Gasteiger partial charge in [0.25, 0.3) is 0 Å². The third kappa shape index (κ3) is 4.58. The van der Waals surface area contributed by atoms with Gasteiger partial charge in [0.1, 0.15) is 11.5 Å². The van der Waals surface area contributed by atoms with E-state index in [1.165, 1.54) is 0 Å². The van der Waals surface area contributed by atoms with Crippen LogP contribution in [0.15, 0.2) is 71.8 Å². The fourth-order valence-corrected chi connectivity index (χ4v) is 4.71. The van der Waals surface area contributed by atoms with E-state index in [0.29, 0.717) is 23.9 Å². The molecule has 0 spiro atoms. The number of fused-ring (bicyclic) bond motifs is 3. The van der Waals surface area contributed by atoms with Crippen LogP contribution in [0.5, 0.6) is 23.0 Å². The molecule has 2 aliphatic heterocycles. The highest BCUT2D eigenvalue weighted by molar-refractivity contribution is 6.44. The molecule has 0 saturated heterocycles. The maximum absolute atomic E-state index is 13.4. The van der Waals surface area contributed by atoms with Gasteiger partial charge in [-0.2, -0.15) is 0 Å². The summed E-state index contributed by atoms with van der Waals surface area (Å²) in [6, 6.07) is 19.2. The average molecular weight is 500 g/mol. The van der Waals surface area contributed by atoms with Crippen LogP contribution in [-0.2, 0) is 11.2 Å². The number of methoxy groups -OCH3 is 4. The van der Waals surface area contributed by atoms with Crippen molar-refractivity contribution in [2.24, 2.45) is 5.10 Å². The molecule has 0 aliphatic carbocycles. The van der Waals surface area contributed by atoms with Gasteiger partial charge >= 0.3 is 0 Å². The van der Waals surface area contributed by atoms with Gasteiger partial charge in [-0.1, -0.05) is 18.2 Å². The summed E-state index contributed by atoms with van der Waals surface area (Å²) in [5.74, 6) is 3.06. The van der Waals surface area contributed by atoms with Crippen LogP contribution in [0.4, 0.5) is 5.69 Å². The quantitative estimate of drug-likeness (QED) is 0.416. The minimum atomic E-state index is -0.301. The van der Waals surface area contributed by atoms with Crippen LogP contribution in [0, 0.1) is 0 Å². The van der Waals surface area contributed by atoms with Crippen LogP contribution in [-0.4, -0.2) is 51.5 Å². The molecule has 8 nitrogen and oxygen atoms in total. The van der Waals surface area contributed by atoms with Crippen LogP contribution in [0.3, 0.4) is 0 Å². The molecule has 3 aromatic rings. The van der Waals surface area contributed by atoms with Crippen LogP contribution in [0.25, 0.3) is 6.08 Å². The van der Waals surface area contributed by atoms with E-state index in [9.17, 15) is 4.79 Å². The molecule has 0 fully saturated rings. The standard InChI is InChI=1S/C29H29N3O5/c1-34-22-10-5-19(6-11-22)7-14-25(33)28-30-32(21-8-12-23(35-2)13-9-21)29-24-18-27(37-4)26(36-3)17-20(24)15-16-31(28)29/h5-14,17-18,29H,15-16H2,1-4H3/b14-7+. The molecule has 0 bridgehead atoms. The van der Waals surface area contributed by atoms with Crippen LogP contribution < -0.4 is 24.0 Å². The van der Waals surface area contributed by atoms with Crippen molar-refractivity contribution in [1.29, 1.82) is 0 Å². The molecule has 5 rings (SSSR count). The third-order valence-corrected chi connectivity index (χ3v) is 6.65. The van der Waals surface area contributed by atoms with E-state index in [0.717, 1.165) is 40.3 Å². The molecule has 1 unspecified atom stereocenters. The Balaban J connectivity index is 1.53. The molecule has 8 heteroatoms. The van der Waals surface area contributed by atoms with E-state index in [1.807, 2.05) is 65.7 Å². The summed E-state index contributed by atoms with van der Waals surface area (Å²) in [6.45, 7) is 0.640. The number of benzene rings is 3. The second-order valence-electron chi connectivity index (χ2n) is 8.66. The predicted octanol–water partition coefficient (Wildman–Crippen LogP) is 4.69. The van der Waals surface area contributed by atoms with Crippen molar-refractivity contribution in [2.75, 3.05) is 40.0 Å². The fourth-order valence-electron chi connectivity index (χ4n) is 4.71. The van der Waals surface area contributed by atoms with Gasteiger partial charge in [-0.05, 0) is 72.2 Å². The van der Waals surface area contributed by atoms with Crippen molar-refractivity contribution in [2.45, 2.75) is 12.6 Å². The highest BCUT2D eigenvalue weighted by Gasteiger charge is 2.42. The number of amidine groups is 1. The van der Waals surface area contributed by atoms with Crippen molar-refractivity contribution in [3.05, 3.63) is 83.4 Å². The minimum absolute atomic E-state index is 0.166. The molecule has 0 aromatic heterocycles. The number of rotatable bonds is 8. The van der Waals surface area contributed by atoms with Gasteiger partial charge in [0.2, 0.25) is 5.78 Å². The monoisotopic (exact) mass is 499 g/mol. The molecule has 37 heavy (non-hydrogen) atoms. The van der Waals surface area contributed by atoms with Gasteiger partial charge in [-0.3, -0.25) is 4.79 Å². The number of carbonyl (C=O) groups is 1. The third-order valence-electron chi connectivity index (χ3n) is 6.65. The zero-order valence-corrected chi connectivity index (χ0v) is 21.3. The molecule has 0 N–H and O–H groups in total. The second-order valence-corrected chi connectivity index (χ2v) is 8.66. The van der Waals surface area contributed by atoms with Crippen molar-refractivity contribution < 1.29 is 23.7 Å². The van der Waals surface area contributed by atoms with Gasteiger partial charge in [-0.25, -0.2) is 5.01 Å². The lowest BCUT2D eigenvalue weighted by Crippen LogP contribution is -2.42. The highest BCUT2D eigenvalue weighted by atomic mass is 16.5. The summed E-state index contributed by atoms with van der Waals surface area (Å²) in [5.41, 5.74) is 3.90. The first kappa shape index (κ1) is 24.2. The van der Waals surface area contributed by atoms with E-state index in [1.54, 1.807) is 40.6 Å². The van der Waals surface area contributed by atoms with E-state index < -0.39 is 0 Å². The van der Waals surface area contributed by atoms with Crippen LogP contribution in [0.2, 0.25) is 0 Å². The Morgan fingerprint density at radius 2 is 1.49 bits per heavy atom. The Kier molecular flexibility index (Phi) is 6.72. The van der Waals surface area contributed by atoms with Crippen molar-refractivity contribution in [3.63, 3.8) is 0 Å². The number of carbonyl (C=O) groups excluding carboxylic acids is 1. The lowest BCUT2D eigenvalue weighted by Gasteiger charge is -2.37. The molecule has 2 heterocycles. The van der Waals surface area contributed by atoms with Crippen molar-refractivity contribution in [1.82, 2.24) is 4.90 Å². The SMILES string of the molecule is COc1ccc(/C=C/C(=O)C2=NN(c3ccc(OC)cc3)C3c4cc(OC)c(OC)cc4CCN23)cc1. The molecular formula is C29H29N3O5. The lowest BCUT2D eigenvalue weighted by molar-refractivity contribution is -0.109. The summed E-state index contributed by atoms with van der Waals surface area (Å²) < 4.78 is 21.7. The maximum Gasteiger partial charge on any atom is 0.222 e. The Hall–Kier alpha value is -4.46. The zero-order chi connectivity index (χ0) is 25.9. The van der Waals surface area contributed by atoms with E-state index in [2.05, 4.69) is 4.90 Å². The van der Waals surface area contributed by atoms with Crippen molar-refractivity contribution >= 4 is 23.4 Å². The van der Waals surface area contributed by atoms with Gasteiger partial charge in [0, 0.05) is 12.1 Å². The molecule has 3 aromatic carbocycles. The number of ether oxygens (including phenoxy) is 4. The first-order chi connectivity index (χ1) is 18.1. The number of hydrogen-bond acceptors (Lipinski definition) is 8. The van der Waals surface area contributed by atoms with Crippen LogP contribution >= 0.6 is 0 Å². The van der Waals surface area contributed by atoms with Gasteiger partial charge in [0.05, 0.1) is 34.1 Å². The van der Waals surface area contributed by atoms with Gasteiger partial charge < -0.3 is 23.8 Å². The average Bonchev–Trinajstić information content (AvgIpc) is 3.35. The molecule has 190 valence electrons. The van der Waals surface area contributed by atoms with E-state index >= 15 is 0 Å². The summed E-state index contributed by atoms with van der Waals surface area (Å²) in [6.07, 6.45) is 3.81. The lowest BCUT2D eigenvalue weighted by atomic mass is 9.95. The highest BCUT2D eigenvalue weighted by Crippen LogP contribution is 2.44. The Labute approximate surface area is 216 Å². The smallest absolute Gasteiger partial charge is 0.222 e. The first-order valence-corrected chi connectivity index (χ1v) is 12.0. The molecule has 0 saturated carbocycles. The summed E-state index contributed by atoms with van der Waals surface area (Å²) in [5, 5.41) is 6.72. The Morgan fingerprint density at radius 3 is 2.11 bits per heavy atom. The number of hydrazone groups is 1. The number of anilines is 1. The normalized spacial score (nSPS) is 16.2. The number of ketones is 1. The summed E-state index contributed by atoms with van der Waals surface area (Å²) in [7, 11) is 6.51. The fraction of sp³-hybridized carbons (Fsp3) is 0.241. The first-order valence-electron chi connectivity index (χ1n) is 12.0. The molecule has 0 radical (unpaired) electrons. The molecule has 2 aliphatic rings. The second kappa shape index (κ2) is 10.3.